The van der Waals surface area contributed by atoms with Gasteiger partial charge in [0.2, 0.25) is 0 Å². The second-order valence-electron chi connectivity index (χ2n) is 4.44. The van der Waals surface area contributed by atoms with Gasteiger partial charge in [-0.05, 0) is 24.6 Å². The van der Waals surface area contributed by atoms with E-state index in [-0.39, 0.29) is 5.69 Å². The number of rotatable bonds is 5. The molecule has 6 heteroatoms. The van der Waals surface area contributed by atoms with E-state index in [1.165, 1.54) is 6.07 Å². The van der Waals surface area contributed by atoms with Crippen LogP contribution in [-0.2, 0) is 6.42 Å². The highest BCUT2D eigenvalue weighted by Gasteiger charge is 2.20. The summed E-state index contributed by atoms with van der Waals surface area (Å²) >= 11 is 12.4. The Balaban J connectivity index is 2.32. The highest BCUT2D eigenvalue weighted by Crippen LogP contribution is 2.35. The number of halogens is 2. The van der Waals surface area contributed by atoms with E-state index in [4.69, 9.17) is 27.9 Å². The lowest BCUT2D eigenvalue weighted by atomic mass is 10.0. The van der Waals surface area contributed by atoms with Crippen LogP contribution in [-0.4, -0.2) is 12.0 Å². The molecular formula is C15H13Cl2NO3. The van der Waals surface area contributed by atoms with Crippen LogP contribution in [0.25, 0.3) is 0 Å². The molecule has 0 aliphatic heterocycles. The van der Waals surface area contributed by atoms with Crippen molar-refractivity contribution in [1.82, 2.24) is 0 Å². The maximum atomic E-state index is 11.0. The molecule has 0 aliphatic carbocycles. The number of benzene rings is 2. The molecule has 0 N–H and O–H groups in total. The molecule has 0 saturated heterocycles. The summed E-state index contributed by atoms with van der Waals surface area (Å²) in [6.07, 6.45) is 0.315. The first kappa shape index (κ1) is 15.6. The molecule has 0 aliphatic rings. The largest absolute Gasteiger partial charge is 0.496 e. The summed E-state index contributed by atoms with van der Waals surface area (Å²) in [6, 6.07) is 11.7. The lowest BCUT2D eigenvalue weighted by molar-refractivity contribution is -0.385. The molecule has 0 spiro atoms. The number of para-hydroxylation sites is 1. The van der Waals surface area contributed by atoms with Gasteiger partial charge in [0.1, 0.15) is 5.75 Å². The Bertz CT molecular complexity index is 661. The second-order valence-corrected chi connectivity index (χ2v) is 5.41. The first-order chi connectivity index (χ1) is 10.0. The normalized spacial score (nSPS) is 12.0. The second kappa shape index (κ2) is 6.78. The number of nitro benzene ring substituents is 1. The third-order valence-electron chi connectivity index (χ3n) is 3.12. The number of hydrogen-bond acceptors (Lipinski definition) is 3. The Morgan fingerprint density at radius 2 is 2.00 bits per heavy atom. The molecule has 2 aromatic rings. The minimum Gasteiger partial charge on any atom is -0.496 e. The zero-order chi connectivity index (χ0) is 15.4. The van der Waals surface area contributed by atoms with Crippen LogP contribution in [0.1, 0.15) is 16.5 Å². The zero-order valence-corrected chi connectivity index (χ0v) is 12.8. The number of nitro groups is 1. The van der Waals surface area contributed by atoms with Gasteiger partial charge in [-0.1, -0.05) is 29.8 Å². The number of alkyl halides is 1. The first-order valence-electron chi connectivity index (χ1n) is 6.22. The summed E-state index contributed by atoms with van der Waals surface area (Å²) in [5.74, 6) is 0.609. The van der Waals surface area contributed by atoms with Crippen LogP contribution in [0.5, 0.6) is 5.75 Å². The molecule has 0 heterocycles. The summed E-state index contributed by atoms with van der Waals surface area (Å²) in [4.78, 5) is 10.6. The van der Waals surface area contributed by atoms with Gasteiger partial charge in [0.15, 0.2) is 0 Å². The van der Waals surface area contributed by atoms with Crippen LogP contribution in [0.3, 0.4) is 0 Å². The molecule has 1 atom stereocenters. The van der Waals surface area contributed by atoms with Gasteiger partial charge < -0.3 is 4.74 Å². The van der Waals surface area contributed by atoms with Crippen LogP contribution in [0.15, 0.2) is 42.5 Å². The summed E-state index contributed by atoms with van der Waals surface area (Å²) < 4.78 is 5.26. The standard InChI is InChI=1S/C15H13Cl2NO3/c1-21-15-7-6-11(16)9-12(15)13(17)8-10-4-2-3-5-14(10)18(19)20/h2-7,9,13H,8H2,1H3. The molecule has 0 amide bonds. The Labute approximate surface area is 132 Å². The number of methoxy groups -OCH3 is 1. The SMILES string of the molecule is COc1ccc(Cl)cc1C(Cl)Cc1ccccc1[N+](=O)[O-]. The van der Waals surface area contributed by atoms with Crippen molar-refractivity contribution in [2.24, 2.45) is 0 Å². The maximum absolute atomic E-state index is 11.0. The van der Waals surface area contributed by atoms with E-state index in [1.54, 1.807) is 43.5 Å². The summed E-state index contributed by atoms with van der Waals surface area (Å²) in [5.41, 5.74) is 1.35. The van der Waals surface area contributed by atoms with Gasteiger partial charge in [-0.25, -0.2) is 0 Å². The zero-order valence-electron chi connectivity index (χ0n) is 11.3. The molecular weight excluding hydrogens is 313 g/mol. The van der Waals surface area contributed by atoms with Crippen molar-refractivity contribution in [2.45, 2.75) is 11.8 Å². The van der Waals surface area contributed by atoms with Gasteiger partial charge in [0.25, 0.3) is 5.69 Å². The third kappa shape index (κ3) is 3.65. The van der Waals surface area contributed by atoms with Crippen molar-refractivity contribution in [3.05, 3.63) is 68.7 Å². The van der Waals surface area contributed by atoms with E-state index < -0.39 is 10.3 Å². The van der Waals surface area contributed by atoms with Gasteiger partial charge in [0.05, 0.1) is 17.4 Å². The minimum atomic E-state index is -0.472. The molecule has 2 rings (SSSR count). The predicted octanol–water partition coefficient (Wildman–Crippen LogP) is 4.78. The van der Waals surface area contributed by atoms with Gasteiger partial charge in [-0.15, -0.1) is 11.6 Å². The molecule has 0 saturated carbocycles. The van der Waals surface area contributed by atoms with E-state index in [0.717, 1.165) is 0 Å². The minimum absolute atomic E-state index is 0.0594. The quantitative estimate of drug-likeness (QED) is 0.451. The fourth-order valence-corrected chi connectivity index (χ4v) is 2.63. The summed E-state index contributed by atoms with van der Waals surface area (Å²) in [7, 11) is 1.54. The number of ether oxygens (including phenoxy) is 1. The monoisotopic (exact) mass is 325 g/mol. The van der Waals surface area contributed by atoms with Crippen molar-refractivity contribution in [1.29, 1.82) is 0 Å². The van der Waals surface area contributed by atoms with Crippen LogP contribution in [0.4, 0.5) is 5.69 Å². The fraction of sp³-hybridized carbons (Fsp3) is 0.200. The van der Waals surface area contributed by atoms with Gasteiger partial charge in [-0.2, -0.15) is 0 Å². The average molecular weight is 326 g/mol. The van der Waals surface area contributed by atoms with Crippen LogP contribution in [0, 0.1) is 10.1 Å². The molecule has 0 bridgehead atoms. The highest BCUT2D eigenvalue weighted by atomic mass is 35.5. The Morgan fingerprint density at radius 3 is 2.67 bits per heavy atom. The summed E-state index contributed by atoms with van der Waals surface area (Å²) in [5, 5.41) is 11.1. The predicted molar refractivity (Wildman–Crippen MR) is 83.4 cm³/mol. The molecule has 4 nitrogen and oxygen atoms in total. The molecule has 1 unspecified atom stereocenters. The van der Waals surface area contributed by atoms with Gasteiger partial charge in [-0.3, -0.25) is 10.1 Å². The molecule has 0 aromatic heterocycles. The van der Waals surface area contributed by atoms with Crippen LogP contribution >= 0.6 is 23.2 Å². The maximum Gasteiger partial charge on any atom is 0.272 e. The lowest BCUT2D eigenvalue weighted by Crippen LogP contribution is -2.02. The molecule has 110 valence electrons. The smallest absolute Gasteiger partial charge is 0.272 e. The van der Waals surface area contributed by atoms with E-state index in [9.17, 15) is 10.1 Å². The third-order valence-corrected chi connectivity index (χ3v) is 3.74. The lowest BCUT2D eigenvalue weighted by Gasteiger charge is -2.14. The number of nitrogens with zero attached hydrogens (tertiary/aromatic N) is 1. The highest BCUT2D eigenvalue weighted by molar-refractivity contribution is 6.31. The van der Waals surface area contributed by atoms with E-state index in [2.05, 4.69) is 0 Å². The Morgan fingerprint density at radius 1 is 1.29 bits per heavy atom. The van der Waals surface area contributed by atoms with Gasteiger partial charge in [0, 0.05) is 22.2 Å². The average Bonchev–Trinajstić information content (AvgIpc) is 2.47. The van der Waals surface area contributed by atoms with E-state index in [1.807, 2.05) is 0 Å². The van der Waals surface area contributed by atoms with Gasteiger partial charge >= 0.3 is 0 Å². The van der Waals surface area contributed by atoms with Crippen molar-refractivity contribution in [2.75, 3.05) is 7.11 Å². The Kier molecular flexibility index (Phi) is 5.04. The topological polar surface area (TPSA) is 52.4 Å². The van der Waals surface area contributed by atoms with Crippen molar-refractivity contribution in [3.8, 4) is 5.75 Å². The van der Waals surface area contributed by atoms with Crippen molar-refractivity contribution >= 4 is 28.9 Å². The fourth-order valence-electron chi connectivity index (χ4n) is 2.11. The summed E-state index contributed by atoms with van der Waals surface area (Å²) in [6.45, 7) is 0. The molecule has 2 aromatic carbocycles. The molecule has 21 heavy (non-hydrogen) atoms. The molecule has 0 radical (unpaired) electrons. The Hall–Kier alpha value is -1.78. The van der Waals surface area contributed by atoms with Crippen LogP contribution < -0.4 is 4.74 Å². The van der Waals surface area contributed by atoms with Crippen molar-refractivity contribution in [3.63, 3.8) is 0 Å². The van der Waals surface area contributed by atoms with E-state index in [0.29, 0.717) is 28.3 Å². The van der Waals surface area contributed by atoms with E-state index >= 15 is 0 Å². The van der Waals surface area contributed by atoms with Crippen LogP contribution in [0.2, 0.25) is 5.02 Å². The van der Waals surface area contributed by atoms with Crippen molar-refractivity contribution < 1.29 is 9.66 Å². The molecule has 0 fully saturated rings. The first-order valence-corrected chi connectivity index (χ1v) is 7.04. The number of hydrogen-bond donors (Lipinski definition) is 0.